The maximum Gasteiger partial charge on any atom is 0.157 e. The maximum atomic E-state index is 8.67. The van der Waals surface area contributed by atoms with Gasteiger partial charge >= 0.3 is 0 Å². The Morgan fingerprint density at radius 3 is 1.14 bits per heavy atom. The van der Waals surface area contributed by atoms with Crippen LogP contribution in [0.25, 0.3) is 0 Å². The summed E-state index contributed by atoms with van der Waals surface area (Å²) in [6.07, 6.45) is 0. The number of para-hydroxylation sites is 4. The Hall–Kier alpha value is -2.94. The molecule has 0 heterocycles. The number of hydrogen-bond donors (Lipinski definition) is 3. The van der Waals surface area contributed by atoms with Crippen LogP contribution in [0.2, 0.25) is 0 Å². The van der Waals surface area contributed by atoms with Crippen LogP contribution in [0.15, 0.2) is 84.9 Å². The van der Waals surface area contributed by atoms with E-state index in [-0.39, 0.29) is 11.5 Å². The number of benzene rings is 3. The van der Waals surface area contributed by atoms with Gasteiger partial charge in [0.2, 0.25) is 0 Å². The summed E-state index contributed by atoms with van der Waals surface area (Å²) in [5.74, 6) is -0.153. The first kappa shape index (κ1) is 14.5. The molecule has 0 bridgehead atoms. The zero-order valence-electron chi connectivity index (χ0n) is 11.5. The molecule has 3 heteroatoms. The van der Waals surface area contributed by atoms with E-state index >= 15 is 0 Å². The summed E-state index contributed by atoms with van der Waals surface area (Å²) in [5, 5.41) is 20.6. The zero-order valence-corrected chi connectivity index (χ0v) is 11.5. The third-order valence-electron chi connectivity index (χ3n) is 2.72. The second-order valence-electron chi connectivity index (χ2n) is 4.35. The van der Waals surface area contributed by atoms with Crippen molar-refractivity contribution in [2.45, 2.75) is 0 Å². The molecule has 3 N–H and O–H groups in total. The molecule has 0 fully saturated rings. The number of hydrogen-bond acceptors (Lipinski definition) is 3. The molecule has 3 nitrogen and oxygen atoms in total. The summed E-state index contributed by atoms with van der Waals surface area (Å²) in [5.41, 5.74) is 2.24. The smallest absolute Gasteiger partial charge is 0.157 e. The molecule has 3 aromatic carbocycles. The molecule has 106 valence electrons. The van der Waals surface area contributed by atoms with E-state index in [0.717, 1.165) is 11.4 Å². The van der Waals surface area contributed by atoms with Crippen molar-refractivity contribution in [2.75, 3.05) is 5.32 Å². The molecule has 0 aliphatic rings. The van der Waals surface area contributed by atoms with Crippen LogP contribution in [0.3, 0.4) is 0 Å². The van der Waals surface area contributed by atoms with Crippen molar-refractivity contribution in [3.8, 4) is 11.5 Å². The quantitative estimate of drug-likeness (QED) is 0.604. The molecule has 0 saturated heterocycles. The standard InChI is InChI=1S/C12H11N.C6H6O2/c1-3-7-11(8-4-1)13-12-9-5-2-6-10-12;7-5-3-1-2-4-6(5)8/h1-10,13H;1-4,7-8H. The highest BCUT2D eigenvalue weighted by Gasteiger charge is 1.90. The second-order valence-corrected chi connectivity index (χ2v) is 4.35. The lowest BCUT2D eigenvalue weighted by Crippen LogP contribution is -1.87. The lowest BCUT2D eigenvalue weighted by molar-refractivity contribution is 0.404. The molecule has 0 radical (unpaired) electrons. The van der Waals surface area contributed by atoms with E-state index in [0.29, 0.717) is 0 Å². The van der Waals surface area contributed by atoms with Gasteiger partial charge in [0.1, 0.15) is 0 Å². The molecule has 0 aliphatic heterocycles. The van der Waals surface area contributed by atoms with Gasteiger partial charge < -0.3 is 15.5 Å². The first-order chi connectivity index (χ1) is 10.3. The van der Waals surface area contributed by atoms with Crippen LogP contribution in [-0.2, 0) is 0 Å². The van der Waals surface area contributed by atoms with E-state index in [1.165, 1.54) is 12.1 Å². The van der Waals surface area contributed by atoms with Crippen molar-refractivity contribution in [1.29, 1.82) is 0 Å². The number of rotatable bonds is 2. The van der Waals surface area contributed by atoms with Crippen LogP contribution in [0.4, 0.5) is 11.4 Å². The van der Waals surface area contributed by atoms with Gasteiger partial charge in [0.25, 0.3) is 0 Å². The Balaban J connectivity index is 0.000000173. The average Bonchev–Trinajstić information content (AvgIpc) is 2.53. The Kier molecular flexibility index (Phi) is 5.24. The Morgan fingerprint density at radius 1 is 0.476 bits per heavy atom. The molecule has 3 aromatic rings. The molecular formula is C18H17NO2. The lowest BCUT2D eigenvalue weighted by atomic mass is 10.3. The molecule has 0 aromatic heterocycles. The van der Waals surface area contributed by atoms with Gasteiger partial charge in [0, 0.05) is 11.4 Å². The second kappa shape index (κ2) is 7.60. The van der Waals surface area contributed by atoms with E-state index in [1.807, 2.05) is 60.7 Å². The van der Waals surface area contributed by atoms with Gasteiger partial charge in [-0.25, -0.2) is 0 Å². The third kappa shape index (κ3) is 4.91. The minimum absolute atomic E-state index is 0.0764. The number of phenolic OH excluding ortho intramolecular Hbond substituents is 2. The third-order valence-corrected chi connectivity index (χ3v) is 2.72. The fourth-order valence-electron chi connectivity index (χ4n) is 1.67. The van der Waals surface area contributed by atoms with E-state index < -0.39 is 0 Å². The minimum atomic E-state index is -0.0764. The summed E-state index contributed by atoms with van der Waals surface area (Å²) >= 11 is 0. The van der Waals surface area contributed by atoms with E-state index in [4.69, 9.17) is 10.2 Å². The van der Waals surface area contributed by atoms with Crippen LogP contribution in [0.5, 0.6) is 11.5 Å². The molecule has 0 saturated carbocycles. The summed E-state index contributed by atoms with van der Waals surface area (Å²) in [4.78, 5) is 0. The van der Waals surface area contributed by atoms with Gasteiger partial charge in [-0.1, -0.05) is 48.5 Å². The number of aromatic hydroxyl groups is 2. The molecule has 3 rings (SSSR count). The van der Waals surface area contributed by atoms with Crippen LogP contribution >= 0.6 is 0 Å². The van der Waals surface area contributed by atoms with Gasteiger partial charge in [0.05, 0.1) is 0 Å². The maximum absolute atomic E-state index is 8.67. The molecule has 0 atom stereocenters. The van der Waals surface area contributed by atoms with E-state index in [2.05, 4.69) is 5.32 Å². The normalized spacial score (nSPS) is 9.33. The van der Waals surface area contributed by atoms with Crippen molar-refractivity contribution >= 4 is 11.4 Å². The lowest BCUT2D eigenvalue weighted by Gasteiger charge is -2.04. The van der Waals surface area contributed by atoms with E-state index in [1.54, 1.807) is 12.1 Å². The topological polar surface area (TPSA) is 52.5 Å². The van der Waals surface area contributed by atoms with Gasteiger partial charge in [-0.2, -0.15) is 0 Å². The molecule has 0 aliphatic carbocycles. The SMILES string of the molecule is Oc1ccccc1O.c1ccc(Nc2ccccc2)cc1. The Bertz CT molecular complexity index is 596. The monoisotopic (exact) mass is 279 g/mol. The van der Waals surface area contributed by atoms with Gasteiger partial charge in [-0.05, 0) is 36.4 Å². The fraction of sp³-hybridized carbons (Fsp3) is 0. The van der Waals surface area contributed by atoms with Crippen molar-refractivity contribution in [1.82, 2.24) is 0 Å². The van der Waals surface area contributed by atoms with Crippen molar-refractivity contribution < 1.29 is 10.2 Å². The van der Waals surface area contributed by atoms with Crippen molar-refractivity contribution in [3.05, 3.63) is 84.9 Å². The molecular weight excluding hydrogens is 262 g/mol. The number of anilines is 2. The van der Waals surface area contributed by atoms with Gasteiger partial charge in [0.15, 0.2) is 11.5 Å². The number of phenols is 2. The van der Waals surface area contributed by atoms with Crippen molar-refractivity contribution in [3.63, 3.8) is 0 Å². The van der Waals surface area contributed by atoms with Crippen LogP contribution in [-0.4, -0.2) is 10.2 Å². The minimum Gasteiger partial charge on any atom is -0.504 e. The molecule has 0 spiro atoms. The predicted octanol–water partition coefficient (Wildman–Crippen LogP) is 4.53. The Morgan fingerprint density at radius 2 is 0.810 bits per heavy atom. The highest BCUT2D eigenvalue weighted by Crippen LogP contribution is 2.21. The first-order valence-electron chi connectivity index (χ1n) is 6.60. The fourth-order valence-corrected chi connectivity index (χ4v) is 1.67. The Labute approximate surface area is 124 Å². The summed E-state index contributed by atoms with van der Waals surface area (Å²) in [6.45, 7) is 0. The highest BCUT2D eigenvalue weighted by atomic mass is 16.3. The molecule has 0 unspecified atom stereocenters. The van der Waals surface area contributed by atoms with Gasteiger partial charge in [-0.15, -0.1) is 0 Å². The molecule has 0 amide bonds. The summed E-state index contributed by atoms with van der Waals surface area (Å²) < 4.78 is 0. The molecule has 21 heavy (non-hydrogen) atoms. The van der Waals surface area contributed by atoms with Crippen LogP contribution < -0.4 is 5.32 Å². The average molecular weight is 279 g/mol. The number of nitrogens with one attached hydrogen (secondary N) is 1. The predicted molar refractivity (Wildman–Crippen MR) is 85.9 cm³/mol. The largest absolute Gasteiger partial charge is 0.504 e. The zero-order chi connectivity index (χ0) is 14.9. The van der Waals surface area contributed by atoms with Crippen LogP contribution in [0.1, 0.15) is 0 Å². The van der Waals surface area contributed by atoms with Crippen molar-refractivity contribution in [2.24, 2.45) is 0 Å². The highest BCUT2D eigenvalue weighted by molar-refractivity contribution is 5.58. The summed E-state index contributed by atoms with van der Waals surface area (Å²) in [6, 6.07) is 26.4. The summed E-state index contributed by atoms with van der Waals surface area (Å²) in [7, 11) is 0. The van der Waals surface area contributed by atoms with Crippen LogP contribution in [0, 0.1) is 0 Å². The van der Waals surface area contributed by atoms with Gasteiger partial charge in [-0.3, -0.25) is 0 Å². The van der Waals surface area contributed by atoms with E-state index in [9.17, 15) is 0 Å². The first-order valence-corrected chi connectivity index (χ1v) is 6.60.